The zero-order valence-electron chi connectivity index (χ0n) is 16.8. The first-order valence-corrected chi connectivity index (χ1v) is 10.4. The fraction of sp³-hybridized carbons (Fsp3) is 0.857. The number of carbonyl (C=O) groups is 1. The van der Waals surface area contributed by atoms with Crippen LogP contribution in [0.2, 0.25) is 0 Å². The summed E-state index contributed by atoms with van der Waals surface area (Å²) < 4.78 is 5.19. The van der Waals surface area contributed by atoms with Gasteiger partial charge in [0, 0.05) is 19.4 Å². The molecule has 0 aromatic carbocycles. The zero-order chi connectivity index (χ0) is 20.2. The summed E-state index contributed by atoms with van der Waals surface area (Å²) >= 11 is 0. The third kappa shape index (κ3) is 9.19. The molecule has 0 unspecified atom stereocenters. The number of carboxylic acid groups (broad SMARTS) is 1. The number of carboxylic acids is 1. The van der Waals surface area contributed by atoms with Crippen molar-refractivity contribution in [1.29, 1.82) is 0 Å². The first kappa shape index (κ1) is 24.1. The summed E-state index contributed by atoms with van der Waals surface area (Å²) in [6, 6.07) is 0. The van der Waals surface area contributed by atoms with E-state index in [1.165, 1.54) is 7.11 Å². The zero-order valence-corrected chi connectivity index (χ0v) is 16.8. The molecule has 4 N–H and O–H groups in total. The summed E-state index contributed by atoms with van der Waals surface area (Å²) in [7, 11) is 1.53. The van der Waals surface area contributed by atoms with Gasteiger partial charge < -0.3 is 25.2 Å². The molecule has 1 aliphatic carbocycles. The topological polar surface area (TPSA) is 107 Å². The number of aliphatic carboxylic acids is 1. The number of hydrogen-bond acceptors (Lipinski definition) is 5. The Morgan fingerprint density at radius 2 is 1.85 bits per heavy atom. The van der Waals surface area contributed by atoms with Crippen LogP contribution < -0.4 is 0 Å². The standard InChI is InChI=1S/C21H38O6/c1-3-4-5-8-15(22)11-12-18-17(19(23)14-20(18)24)10-7-6-9-16(27-2)13-21(25)26/h11-12,15-20,22-24H,3-10,13-14H2,1-2H3,(H,25,26)/b12-11+/t15-,16+,17-,18-,19+,20-/m1/s1. The number of rotatable bonds is 14. The van der Waals surface area contributed by atoms with Crippen LogP contribution in [0, 0.1) is 11.8 Å². The van der Waals surface area contributed by atoms with E-state index in [0.717, 1.165) is 44.9 Å². The molecule has 0 aromatic heterocycles. The van der Waals surface area contributed by atoms with Crippen molar-refractivity contribution in [2.24, 2.45) is 11.8 Å². The Morgan fingerprint density at radius 1 is 1.15 bits per heavy atom. The largest absolute Gasteiger partial charge is 0.481 e. The van der Waals surface area contributed by atoms with Crippen molar-refractivity contribution in [3.8, 4) is 0 Å². The van der Waals surface area contributed by atoms with Crippen LogP contribution in [0.3, 0.4) is 0 Å². The summed E-state index contributed by atoms with van der Waals surface area (Å²) in [5.74, 6) is -1.03. The van der Waals surface area contributed by atoms with E-state index in [9.17, 15) is 20.1 Å². The Morgan fingerprint density at radius 3 is 2.48 bits per heavy atom. The first-order chi connectivity index (χ1) is 12.9. The average molecular weight is 387 g/mol. The molecular weight excluding hydrogens is 348 g/mol. The van der Waals surface area contributed by atoms with Crippen molar-refractivity contribution in [2.45, 2.75) is 95.5 Å². The maximum atomic E-state index is 10.8. The molecular formula is C21H38O6. The minimum absolute atomic E-state index is 0.00253. The Kier molecular flexibility index (Phi) is 11.8. The highest BCUT2D eigenvalue weighted by Crippen LogP contribution is 2.37. The van der Waals surface area contributed by atoms with Gasteiger partial charge in [-0.2, -0.15) is 0 Å². The summed E-state index contributed by atoms with van der Waals surface area (Å²) in [6.07, 6.45) is 9.14. The first-order valence-electron chi connectivity index (χ1n) is 10.4. The molecule has 1 rings (SSSR count). The SMILES string of the molecule is CCCCC[C@@H](O)/C=C/[C@@H]1[C@@H](CCCC[C@@H](CC(=O)O)OC)[C@@H](O)C[C@H]1O. The summed E-state index contributed by atoms with van der Waals surface area (Å²) in [5, 5.41) is 39.4. The lowest BCUT2D eigenvalue weighted by atomic mass is 9.87. The Hall–Kier alpha value is -0.950. The Balaban J connectivity index is 2.45. The second-order valence-corrected chi connectivity index (χ2v) is 7.80. The average Bonchev–Trinajstić information content (AvgIpc) is 2.88. The highest BCUT2D eigenvalue weighted by molar-refractivity contribution is 5.67. The minimum Gasteiger partial charge on any atom is -0.481 e. The predicted octanol–water partition coefficient (Wildman–Crippen LogP) is 2.89. The number of aliphatic hydroxyl groups is 3. The number of hydrogen-bond donors (Lipinski definition) is 4. The minimum atomic E-state index is -0.862. The molecule has 0 aliphatic heterocycles. The van der Waals surface area contributed by atoms with E-state index in [0.29, 0.717) is 12.8 Å². The van der Waals surface area contributed by atoms with Gasteiger partial charge in [-0.05, 0) is 25.2 Å². The predicted molar refractivity (Wildman–Crippen MR) is 104 cm³/mol. The molecule has 1 fully saturated rings. The normalized spacial score (nSPS) is 27.9. The lowest BCUT2D eigenvalue weighted by Gasteiger charge is -2.21. The third-order valence-electron chi connectivity index (χ3n) is 5.62. The Labute approximate surface area is 163 Å². The molecule has 1 saturated carbocycles. The second-order valence-electron chi connectivity index (χ2n) is 7.80. The van der Waals surface area contributed by atoms with Gasteiger partial charge in [-0.15, -0.1) is 0 Å². The van der Waals surface area contributed by atoms with Gasteiger partial charge >= 0.3 is 5.97 Å². The Bertz CT molecular complexity index is 438. The van der Waals surface area contributed by atoms with Crippen LogP contribution >= 0.6 is 0 Å². The monoisotopic (exact) mass is 386 g/mol. The van der Waals surface area contributed by atoms with Gasteiger partial charge in [0.05, 0.1) is 30.8 Å². The number of ether oxygens (including phenoxy) is 1. The van der Waals surface area contributed by atoms with Gasteiger partial charge in [0.25, 0.3) is 0 Å². The van der Waals surface area contributed by atoms with Crippen LogP contribution in [-0.4, -0.2) is 57.9 Å². The number of aliphatic hydroxyl groups excluding tert-OH is 3. The van der Waals surface area contributed by atoms with Crippen molar-refractivity contribution in [3.05, 3.63) is 12.2 Å². The number of methoxy groups -OCH3 is 1. The van der Waals surface area contributed by atoms with E-state index in [1.54, 1.807) is 6.08 Å². The molecule has 158 valence electrons. The molecule has 0 amide bonds. The number of unbranched alkanes of at least 4 members (excludes halogenated alkanes) is 3. The fourth-order valence-corrected chi connectivity index (χ4v) is 3.98. The molecule has 27 heavy (non-hydrogen) atoms. The lowest BCUT2D eigenvalue weighted by Crippen LogP contribution is -2.21. The van der Waals surface area contributed by atoms with E-state index < -0.39 is 24.3 Å². The summed E-state index contributed by atoms with van der Waals surface area (Å²) in [6.45, 7) is 2.12. The molecule has 1 aliphatic rings. The van der Waals surface area contributed by atoms with Crippen LogP contribution in [0.5, 0.6) is 0 Å². The van der Waals surface area contributed by atoms with Gasteiger partial charge in [0.1, 0.15) is 0 Å². The van der Waals surface area contributed by atoms with E-state index in [-0.39, 0.29) is 24.4 Å². The van der Waals surface area contributed by atoms with Crippen LogP contribution in [0.15, 0.2) is 12.2 Å². The van der Waals surface area contributed by atoms with Gasteiger partial charge in [0.2, 0.25) is 0 Å². The second kappa shape index (κ2) is 13.3. The van der Waals surface area contributed by atoms with E-state index in [2.05, 4.69) is 6.92 Å². The quantitative estimate of drug-likeness (QED) is 0.270. The van der Waals surface area contributed by atoms with E-state index in [4.69, 9.17) is 9.84 Å². The highest BCUT2D eigenvalue weighted by Gasteiger charge is 2.39. The van der Waals surface area contributed by atoms with Gasteiger partial charge in [-0.25, -0.2) is 0 Å². The molecule has 0 bridgehead atoms. The van der Waals surface area contributed by atoms with Crippen molar-refractivity contribution < 1.29 is 30.0 Å². The molecule has 0 saturated heterocycles. The molecule has 0 heterocycles. The van der Waals surface area contributed by atoms with Crippen molar-refractivity contribution in [2.75, 3.05) is 7.11 Å². The fourth-order valence-electron chi connectivity index (χ4n) is 3.98. The highest BCUT2D eigenvalue weighted by atomic mass is 16.5. The van der Waals surface area contributed by atoms with Gasteiger partial charge in [-0.3, -0.25) is 4.79 Å². The van der Waals surface area contributed by atoms with Crippen molar-refractivity contribution in [1.82, 2.24) is 0 Å². The molecule has 0 spiro atoms. The maximum Gasteiger partial charge on any atom is 0.305 e. The summed E-state index contributed by atoms with van der Waals surface area (Å²) in [4.78, 5) is 10.8. The smallest absolute Gasteiger partial charge is 0.305 e. The van der Waals surface area contributed by atoms with Crippen molar-refractivity contribution in [3.63, 3.8) is 0 Å². The lowest BCUT2D eigenvalue weighted by molar-refractivity contribution is -0.139. The molecule has 6 heteroatoms. The third-order valence-corrected chi connectivity index (χ3v) is 5.62. The van der Waals surface area contributed by atoms with Crippen LogP contribution in [0.25, 0.3) is 0 Å². The molecule has 0 radical (unpaired) electrons. The van der Waals surface area contributed by atoms with Gasteiger partial charge in [-0.1, -0.05) is 51.2 Å². The van der Waals surface area contributed by atoms with E-state index >= 15 is 0 Å². The van der Waals surface area contributed by atoms with Crippen molar-refractivity contribution >= 4 is 5.97 Å². The molecule has 6 atom stereocenters. The molecule has 0 aromatic rings. The van der Waals surface area contributed by atoms with Crippen LogP contribution in [0.4, 0.5) is 0 Å². The summed E-state index contributed by atoms with van der Waals surface area (Å²) in [5.41, 5.74) is 0. The van der Waals surface area contributed by atoms with Crippen LogP contribution in [0.1, 0.15) is 71.1 Å². The molecule has 6 nitrogen and oxygen atoms in total. The van der Waals surface area contributed by atoms with E-state index in [1.807, 2.05) is 6.08 Å². The van der Waals surface area contributed by atoms with Crippen LogP contribution in [-0.2, 0) is 9.53 Å². The van der Waals surface area contributed by atoms with Gasteiger partial charge in [0.15, 0.2) is 0 Å². The maximum absolute atomic E-state index is 10.8.